The van der Waals surface area contributed by atoms with Gasteiger partial charge in [-0.25, -0.2) is 0 Å². The number of nitrogens with one attached hydrogen (secondary N) is 1. The number of benzene rings is 1. The number of ether oxygens (including phenoxy) is 1. The minimum atomic E-state index is 0.195. The normalized spacial score (nSPS) is 12.8. The molecule has 1 unspecified atom stereocenters. The predicted molar refractivity (Wildman–Crippen MR) is 82.7 cm³/mol. The summed E-state index contributed by atoms with van der Waals surface area (Å²) in [6.45, 7) is 10.2. The number of nitrogens with two attached hydrogens (primary N) is 1. The summed E-state index contributed by atoms with van der Waals surface area (Å²) in [5, 5.41) is 3.37. The number of hydrogen-bond acceptors (Lipinski definition) is 3. The zero-order chi connectivity index (χ0) is 14.3. The van der Waals surface area contributed by atoms with E-state index in [4.69, 9.17) is 10.5 Å². The molecule has 108 valence electrons. The molecule has 0 aliphatic rings. The first kappa shape index (κ1) is 15.8. The quantitative estimate of drug-likeness (QED) is 0.755. The van der Waals surface area contributed by atoms with Crippen LogP contribution in [0.4, 0.5) is 5.69 Å². The van der Waals surface area contributed by atoms with Crippen LogP contribution in [0.3, 0.4) is 0 Å². The Kier molecular flexibility index (Phi) is 6.71. The summed E-state index contributed by atoms with van der Waals surface area (Å²) in [5.74, 6) is 2.09. The summed E-state index contributed by atoms with van der Waals surface area (Å²) >= 11 is 0. The monoisotopic (exact) mass is 264 g/mol. The maximum Gasteiger partial charge on any atom is 0.121 e. The highest BCUT2D eigenvalue weighted by molar-refractivity contribution is 5.48. The van der Waals surface area contributed by atoms with Crippen molar-refractivity contribution < 1.29 is 4.74 Å². The molecule has 1 atom stereocenters. The summed E-state index contributed by atoms with van der Waals surface area (Å²) < 4.78 is 5.71. The second kappa shape index (κ2) is 8.05. The van der Waals surface area contributed by atoms with Crippen LogP contribution in [0, 0.1) is 11.8 Å². The molecule has 0 saturated carbocycles. The highest BCUT2D eigenvalue weighted by Crippen LogP contribution is 2.18. The van der Waals surface area contributed by atoms with E-state index < -0.39 is 0 Å². The van der Waals surface area contributed by atoms with Crippen molar-refractivity contribution in [2.45, 2.75) is 40.2 Å². The smallest absolute Gasteiger partial charge is 0.121 e. The van der Waals surface area contributed by atoms with Gasteiger partial charge in [-0.1, -0.05) is 33.8 Å². The Morgan fingerprint density at radius 2 is 1.89 bits per heavy atom. The molecule has 1 aromatic rings. The van der Waals surface area contributed by atoms with Crippen LogP contribution in [0.2, 0.25) is 0 Å². The van der Waals surface area contributed by atoms with E-state index in [1.807, 2.05) is 24.3 Å². The molecule has 1 aromatic carbocycles. The average molecular weight is 264 g/mol. The average Bonchev–Trinajstić information content (AvgIpc) is 2.34. The topological polar surface area (TPSA) is 47.3 Å². The number of rotatable bonds is 8. The van der Waals surface area contributed by atoms with Crippen molar-refractivity contribution >= 4 is 5.69 Å². The largest absolute Gasteiger partial charge is 0.493 e. The maximum atomic E-state index is 6.07. The van der Waals surface area contributed by atoms with Crippen molar-refractivity contribution in [1.29, 1.82) is 0 Å². The predicted octanol–water partition coefficient (Wildman–Crippen LogP) is 3.51. The van der Waals surface area contributed by atoms with Crippen molar-refractivity contribution in [1.82, 2.24) is 0 Å². The van der Waals surface area contributed by atoms with Crippen LogP contribution in [0.5, 0.6) is 5.75 Å². The van der Waals surface area contributed by atoms with E-state index in [2.05, 4.69) is 33.0 Å². The van der Waals surface area contributed by atoms with E-state index in [1.165, 1.54) is 0 Å². The molecule has 0 radical (unpaired) electrons. The number of anilines is 1. The molecule has 0 aromatic heterocycles. The fourth-order valence-corrected chi connectivity index (χ4v) is 1.90. The molecule has 0 heterocycles. The standard InChI is InChI=1S/C16H28N2O/c1-12(2)8-14(17)10-18-15-6-5-7-16(9-15)19-11-13(3)4/h5-7,9,12-14,18H,8,10-11,17H2,1-4H3. The summed E-state index contributed by atoms with van der Waals surface area (Å²) in [6, 6.07) is 8.27. The molecule has 0 spiro atoms. The van der Waals surface area contributed by atoms with E-state index in [-0.39, 0.29) is 6.04 Å². The minimum absolute atomic E-state index is 0.195. The molecule has 1 rings (SSSR count). The summed E-state index contributed by atoms with van der Waals surface area (Å²) in [6.07, 6.45) is 1.04. The summed E-state index contributed by atoms with van der Waals surface area (Å²) in [4.78, 5) is 0. The van der Waals surface area contributed by atoms with Gasteiger partial charge in [0.25, 0.3) is 0 Å². The lowest BCUT2D eigenvalue weighted by molar-refractivity contribution is 0.271. The Morgan fingerprint density at radius 3 is 2.53 bits per heavy atom. The molecule has 3 nitrogen and oxygen atoms in total. The Labute approximate surface area is 117 Å². The fraction of sp³-hybridized carbons (Fsp3) is 0.625. The molecule has 3 N–H and O–H groups in total. The molecule has 0 saturated heterocycles. The van der Waals surface area contributed by atoms with E-state index in [0.717, 1.165) is 31.0 Å². The van der Waals surface area contributed by atoms with Gasteiger partial charge in [0.15, 0.2) is 0 Å². The molecule has 0 aliphatic carbocycles. The lowest BCUT2D eigenvalue weighted by Crippen LogP contribution is -2.30. The minimum Gasteiger partial charge on any atom is -0.493 e. The Bertz CT molecular complexity index is 364. The molecular formula is C16H28N2O. The number of hydrogen-bond donors (Lipinski definition) is 2. The van der Waals surface area contributed by atoms with E-state index in [1.54, 1.807) is 0 Å². The third-order valence-corrected chi connectivity index (χ3v) is 2.76. The first-order valence-electron chi connectivity index (χ1n) is 7.19. The SMILES string of the molecule is CC(C)COc1cccc(NCC(N)CC(C)C)c1. The maximum absolute atomic E-state index is 6.07. The second-order valence-electron chi connectivity index (χ2n) is 6.00. The van der Waals surface area contributed by atoms with Crippen LogP contribution >= 0.6 is 0 Å². The van der Waals surface area contributed by atoms with Gasteiger partial charge in [-0.3, -0.25) is 0 Å². The highest BCUT2D eigenvalue weighted by atomic mass is 16.5. The Hall–Kier alpha value is -1.22. The molecule has 0 amide bonds. The van der Waals surface area contributed by atoms with Crippen LogP contribution in [-0.4, -0.2) is 19.2 Å². The van der Waals surface area contributed by atoms with Crippen molar-refractivity contribution in [3.63, 3.8) is 0 Å². The Morgan fingerprint density at radius 1 is 1.16 bits per heavy atom. The van der Waals surface area contributed by atoms with Gasteiger partial charge in [0.05, 0.1) is 6.61 Å². The van der Waals surface area contributed by atoms with Crippen LogP contribution in [0.1, 0.15) is 34.1 Å². The molecule has 0 aliphatic heterocycles. The first-order chi connectivity index (χ1) is 8.97. The van der Waals surface area contributed by atoms with Gasteiger partial charge in [-0.15, -0.1) is 0 Å². The third-order valence-electron chi connectivity index (χ3n) is 2.76. The van der Waals surface area contributed by atoms with Gasteiger partial charge in [0.2, 0.25) is 0 Å². The Balaban J connectivity index is 2.43. The van der Waals surface area contributed by atoms with Gasteiger partial charge in [-0.2, -0.15) is 0 Å². The molecule has 0 bridgehead atoms. The van der Waals surface area contributed by atoms with Gasteiger partial charge in [-0.05, 0) is 30.4 Å². The van der Waals surface area contributed by atoms with Crippen molar-refractivity contribution in [3.05, 3.63) is 24.3 Å². The van der Waals surface area contributed by atoms with Gasteiger partial charge >= 0.3 is 0 Å². The van der Waals surface area contributed by atoms with E-state index >= 15 is 0 Å². The van der Waals surface area contributed by atoms with Crippen LogP contribution in [-0.2, 0) is 0 Å². The highest BCUT2D eigenvalue weighted by Gasteiger charge is 2.05. The van der Waals surface area contributed by atoms with Gasteiger partial charge in [0.1, 0.15) is 5.75 Å². The zero-order valence-electron chi connectivity index (χ0n) is 12.6. The molecular weight excluding hydrogens is 236 g/mol. The van der Waals surface area contributed by atoms with Gasteiger partial charge in [0, 0.05) is 24.3 Å². The van der Waals surface area contributed by atoms with Crippen molar-refractivity contribution in [2.75, 3.05) is 18.5 Å². The van der Waals surface area contributed by atoms with Crippen LogP contribution in [0.25, 0.3) is 0 Å². The van der Waals surface area contributed by atoms with Crippen molar-refractivity contribution in [2.24, 2.45) is 17.6 Å². The lowest BCUT2D eigenvalue weighted by atomic mass is 10.0. The summed E-state index contributed by atoms with van der Waals surface area (Å²) in [5.41, 5.74) is 7.14. The van der Waals surface area contributed by atoms with Crippen LogP contribution < -0.4 is 15.8 Å². The third kappa shape index (κ3) is 7.06. The van der Waals surface area contributed by atoms with Crippen molar-refractivity contribution in [3.8, 4) is 5.75 Å². The zero-order valence-corrected chi connectivity index (χ0v) is 12.6. The second-order valence-corrected chi connectivity index (χ2v) is 6.00. The lowest BCUT2D eigenvalue weighted by Gasteiger charge is -2.16. The van der Waals surface area contributed by atoms with Crippen LogP contribution in [0.15, 0.2) is 24.3 Å². The van der Waals surface area contributed by atoms with E-state index in [0.29, 0.717) is 11.8 Å². The van der Waals surface area contributed by atoms with E-state index in [9.17, 15) is 0 Å². The molecule has 0 fully saturated rings. The summed E-state index contributed by atoms with van der Waals surface area (Å²) in [7, 11) is 0. The first-order valence-corrected chi connectivity index (χ1v) is 7.19. The van der Waals surface area contributed by atoms with Gasteiger partial charge < -0.3 is 15.8 Å². The fourth-order valence-electron chi connectivity index (χ4n) is 1.90. The molecule has 3 heteroatoms. The molecule has 19 heavy (non-hydrogen) atoms.